The molecule has 0 aliphatic rings. The van der Waals surface area contributed by atoms with E-state index in [1.165, 1.54) is 0 Å². The van der Waals surface area contributed by atoms with Crippen LogP contribution in [-0.4, -0.2) is 28.8 Å². The number of thiol groups is 1. The molecule has 0 aliphatic heterocycles. The summed E-state index contributed by atoms with van der Waals surface area (Å²) in [6.45, 7) is 0. The van der Waals surface area contributed by atoms with Crippen molar-refractivity contribution in [3.05, 3.63) is 42.0 Å². The predicted octanol–water partition coefficient (Wildman–Crippen LogP) is 1.92. The van der Waals surface area contributed by atoms with Crippen LogP contribution < -0.4 is 11.1 Å². The number of nitrogen functional groups attached to an aromatic ring is 1. The first-order valence-corrected chi connectivity index (χ1v) is 7.09. The Bertz CT molecular complexity index is 688. The number of nitrogens with one attached hydrogen (secondary N) is 1. The molecule has 0 fully saturated rings. The highest BCUT2D eigenvalue weighted by atomic mass is 32.1. The number of amides is 1. The number of aliphatic carboxylic acids is 1. The zero-order chi connectivity index (χ0) is 15.4. The van der Waals surface area contributed by atoms with Gasteiger partial charge in [-0.2, -0.15) is 12.6 Å². The molecule has 1 amide bonds. The van der Waals surface area contributed by atoms with E-state index in [2.05, 4.69) is 17.9 Å². The first-order valence-electron chi connectivity index (χ1n) is 6.46. The third-order valence-corrected chi connectivity index (χ3v) is 3.47. The number of hydrogen-bond acceptors (Lipinski definition) is 4. The molecule has 0 saturated heterocycles. The fraction of sp³-hybridized carbons (Fsp3) is 0.200. The second kappa shape index (κ2) is 6.49. The quantitative estimate of drug-likeness (QED) is 0.501. The molecule has 2 aromatic carbocycles. The van der Waals surface area contributed by atoms with Crippen molar-refractivity contribution < 1.29 is 14.7 Å². The van der Waals surface area contributed by atoms with Crippen LogP contribution in [0.1, 0.15) is 16.8 Å². The normalized spacial score (nSPS) is 12.0. The van der Waals surface area contributed by atoms with Crippen molar-refractivity contribution in [1.82, 2.24) is 5.32 Å². The van der Waals surface area contributed by atoms with Crippen molar-refractivity contribution in [2.45, 2.75) is 12.5 Å². The molecule has 0 aromatic heterocycles. The zero-order valence-electron chi connectivity index (χ0n) is 11.2. The summed E-state index contributed by atoms with van der Waals surface area (Å²) in [6, 6.07) is 9.81. The molecule has 0 saturated carbocycles. The van der Waals surface area contributed by atoms with E-state index >= 15 is 0 Å². The molecule has 0 unspecified atom stereocenters. The zero-order valence-corrected chi connectivity index (χ0v) is 12.1. The van der Waals surface area contributed by atoms with E-state index in [1.54, 1.807) is 18.2 Å². The Morgan fingerprint density at radius 3 is 2.62 bits per heavy atom. The van der Waals surface area contributed by atoms with Crippen molar-refractivity contribution in [2.24, 2.45) is 0 Å². The van der Waals surface area contributed by atoms with Crippen LogP contribution in [0, 0.1) is 0 Å². The Morgan fingerprint density at radius 2 is 1.95 bits per heavy atom. The molecule has 0 radical (unpaired) electrons. The van der Waals surface area contributed by atoms with Gasteiger partial charge in [-0.25, -0.2) is 4.79 Å². The van der Waals surface area contributed by atoms with Gasteiger partial charge < -0.3 is 16.2 Å². The summed E-state index contributed by atoms with van der Waals surface area (Å²) >= 11 is 4.00. The van der Waals surface area contributed by atoms with E-state index in [1.807, 2.05) is 18.2 Å². The second-order valence-electron chi connectivity index (χ2n) is 4.63. The van der Waals surface area contributed by atoms with Gasteiger partial charge in [0.25, 0.3) is 5.91 Å². The number of carbonyl (C=O) groups is 2. The Labute approximate surface area is 127 Å². The van der Waals surface area contributed by atoms with Crippen molar-refractivity contribution in [1.29, 1.82) is 0 Å². The molecule has 0 spiro atoms. The van der Waals surface area contributed by atoms with Crippen LogP contribution in [0.15, 0.2) is 36.4 Å². The molecule has 4 N–H and O–H groups in total. The van der Waals surface area contributed by atoms with E-state index in [9.17, 15) is 9.59 Å². The molecule has 0 heterocycles. The summed E-state index contributed by atoms with van der Waals surface area (Å²) < 4.78 is 0. The molecule has 6 heteroatoms. The van der Waals surface area contributed by atoms with Crippen molar-refractivity contribution in [2.75, 3.05) is 11.5 Å². The van der Waals surface area contributed by atoms with E-state index in [0.717, 1.165) is 5.39 Å². The minimum absolute atomic E-state index is 0.245. The van der Waals surface area contributed by atoms with Crippen molar-refractivity contribution in [3.8, 4) is 0 Å². The highest BCUT2D eigenvalue weighted by Gasteiger charge is 2.22. The lowest BCUT2D eigenvalue weighted by molar-refractivity contribution is -0.139. The highest BCUT2D eigenvalue weighted by molar-refractivity contribution is 7.80. The largest absolute Gasteiger partial charge is 0.480 e. The fourth-order valence-corrected chi connectivity index (χ4v) is 2.42. The van der Waals surface area contributed by atoms with Crippen LogP contribution in [0.25, 0.3) is 10.8 Å². The van der Waals surface area contributed by atoms with Gasteiger partial charge in [-0.15, -0.1) is 0 Å². The summed E-state index contributed by atoms with van der Waals surface area (Å²) in [7, 11) is 0. The van der Waals surface area contributed by atoms with Crippen LogP contribution in [0.2, 0.25) is 0 Å². The van der Waals surface area contributed by atoms with E-state index in [0.29, 0.717) is 22.4 Å². The Morgan fingerprint density at radius 1 is 1.24 bits per heavy atom. The van der Waals surface area contributed by atoms with Gasteiger partial charge in [-0.1, -0.05) is 30.3 Å². The number of fused-ring (bicyclic) bond motifs is 1. The minimum atomic E-state index is -1.09. The first kappa shape index (κ1) is 15.2. The maximum atomic E-state index is 12.4. The number of rotatable bonds is 5. The van der Waals surface area contributed by atoms with Crippen molar-refractivity contribution >= 4 is 41.0 Å². The predicted molar refractivity (Wildman–Crippen MR) is 85.7 cm³/mol. The Hall–Kier alpha value is -2.21. The number of hydrogen-bond donors (Lipinski definition) is 4. The SMILES string of the molecule is Nc1ccc2ccccc2c1C(=O)N[C@@H](CCS)C(=O)O. The lowest BCUT2D eigenvalue weighted by Crippen LogP contribution is -2.41. The Kier molecular flexibility index (Phi) is 4.70. The molecule has 0 aliphatic carbocycles. The molecular weight excluding hydrogens is 288 g/mol. The number of carboxylic acid groups (broad SMARTS) is 1. The summed E-state index contributed by atoms with van der Waals surface area (Å²) in [5, 5.41) is 13.2. The maximum absolute atomic E-state index is 12.4. The van der Waals surface area contributed by atoms with Crippen LogP contribution >= 0.6 is 12.6 Å². The molecule has 2 rings (SSSR count). The lowest BCUT2D eigenvalue weighted by Gasteiger charge is -2.15. The maximum Gasteiger partial charge on any atom is 0.326 e. The highest BCUT2D eigenvalue weighted by Crippen LogP contribution is 2.24. The molecule has 0 bridgehead atoms. The summed E-state index contributed by atoms with van der Waals surface area (Å²) in [5.74, 6) is -1.21. The third kappa shape index (κ3) is 3.28. The van der Waals surface area contributed by atoms with Gasteiger partial charge in [0.15, 0.2) is 0 Å². The molecule has 110 valence electrons. The smallest absolute Gasteiger partial charge is 0.326 e. The van der Waals surface area contributed by atoms with Crippen LogP contribution in [0.5, 0.6) is 0 Å². The average Bonchev–Trinajstić information content (AvgIpc) is 2.46. The van der Waals surface area contributed by atoms with Crippen LogP contribution in [0.3, 0.4) is 0 Å². The Balaban J connectivity index is 2.39. The van der Waals surface area contributed by atoms with Gasteiger partial charge in [-0.05, 0) is 29.0 Å². The molecule has 21 heavy (non-hydrogen) atoms. The average molecular weight is 304 g/mol. The number of carboxylic acids is 1. The van der Waals surface area contributed by atoms with Gasteiger partial charge in [0, 0.05) is 5.69 Å². The topological polar surface area (TPSA) is 92.4 Å². The standard InChI is InChI=1S/C15H16N2O3S/c16-11-6-5-9-3-1-2-4-10(9)13(11)14(18)17-12(7-8-21)15(19)20/h1-6,12,21H,7-8,16H2,(H,17,18)(H,19,20)/t12-/m0/s1. The van der Waals surface area contributed by atoms with Gasteiger partial charge in [0.2, 0.25) is 0 Å². The monoisotopic (exact) mass is 304 g/mol. The molecule has 1 atom stereocenters. The fourth-order valence-electron chi connectivity index (χ4n) is 2.16. The number of nitrogens with two attached hydrogens (primary N) is 1. The second-order valence-corrected chi connectivity index (χ2v) is 5.07. The minimum Gasteiger partial charge on any atom is -0.480 e. The summed E-state index contributed by atoms with van der Waals surface area (Å²) in [6.07, 6.45) is 0.245. The molecule has 2 aromatic rings. The van der Waals surface area contributed by atoms with Crippen LogP contribution in [-0.2, 0) is 4.79 Å². The van der Waals surface area contributed by atoms with E-state index < -0.39 is 17.9 Å². The van der Waals surface area contributed by atoms with Crippen LogP contribution in [0.4, 0.5) is 5.69 Å². The first-order chi connectivity index (χ1) is 10.0. The van der Waals surface area contributed by atoms with E-state index in [-0.39, 0.29) is 6.42 Å². The van der Waals surface area contributed by atoms with Gasteiger partial charge >= 0.3 is 5.97 Å². The third-order valence-electron chi connectivity index (χ3n) is 3.21. The van der Waals surface area contributed by atoms with Gasteiger partial charge in [0.1, 0.15) is 6.04 Å². The van der Waals surface area contributed by atoms with Gasteiger partial charge in [-0.3, -0.25) is 4.79 Å². The number of benzene rings is 2. The van der Waals surface area contributed by atoms with E-state index in [4.69, 9.17) is 10.8 Å². The molecule has 5 nitrogen and oxygen atoms in total. The summed E-state index contributed by atoms with van der Waals surface area (Å²) in [5.41, 5.74) is 6.51. The summed E-state index contributed by atoms with van der Waals surface area (Å²) in [4.78, 5) is 23.5. The van der Waals surface area contributed by atoms with Crippen molar-refractivity contribution in [3.63, 3.8) is 0 Å². The van der Waals surface area contributed by atoms with Gasteiger partial charge in [0.05, 0.1) is 5.56 Å². The number of carbonyl (C=O) groups excluding carboxylic acids is 1. The number of anilines is 1. The lowest BCUT2D eigenvalue weighted by atomic mass is 10.0. The molecular formula is C15H16N2O3S.